The molecule has 0 aliphatic carbocycles. The van der Waals surface area contributed by atoms with E-state index in [-0.39, 0.29) is 0 Å². The second kappa shape index (κ2) is 8.68. The Labute approximate surface area is 157 Å². The van der Waals surface area contributed by atoms with Crippen molar-refractivity contribution in [2.24, 2.45) is 0 Å². The molecule has 3 aromatic rings. The van der Waals surface area contributed by atoms with E-state index in [4.69, 9.17) is 4.74 Å². The van der Waals surface area contributed by atoms with Crippen LogP contribution in [0.1, 0.15) is 16.7 Å². The summed E-state index contributed by atoms with van der Waals surface area (Å²) in [7, 11) is -0.937. The highest BCUT2D eigenvalue weighted by molar-refractivity contribution is 7.84. The van der Waals surface area contributed by atoms with E-state index in [1.165, 1.54) is 5.56 Å². The highest BCUT2D eigenvalue weighted by Crippen LogP contribution is 2.22. The number of hydrogen-bond acceptors (Lipinski definition) is 3. The monoisotopic (exact) mass is 365 g/mol. The number of para-hydroxylation sites is 1. The second-order valence-electron chi connectivity index (χ2n) is 6.14. The van der Waals surface area contributed by atoms with E-state index in [1.807, 2.05) is 60.7 Å². The Morgan fingerprint density at radius 3 is 2.35 bits per heavy atom. The summed E-state index contributed by atoms with van der Waals surface area (Å²) >= 11 is 0. The molecule has 134 valence electrons. The molecule has 0 aliphatic rings. The molecule has 0 amide bonds. The van der Waals surface area contributed by atoms with Crippen molar-refractivity contribution in [3.05, 3.63) is 89.5 Å². The van der Waals surface area contributed by atoms with Crippen LogP contribution in [0.25, 0.3) is 0 Å². The summed E-state index contributed by atoms with van der Waals surface area (Å²) in [5.41, 5.74) is 4.61. The van der Waals surface area contributed by atoms with E-state index in [1.54, 1.807) is 6.26 Å². The smallest absolute Gasteiger partial charge is 0.119 e. The van der Waals surface area contributed by atoms with Crippen LogP contribution >= 0.6 is 0 Å². The minimum absolute atomic E-state index is 0.544. The van der Waals surface area contributed by atoms with Crippen LogP contribution in [0.3, 0.4) is 0 Å². The fourth-order valence-corrected chi connectivity index (χ4v) is 3.22. The predicted octanol–water partition coefficient (Wildman–Crippen LogP) is 4.92. The molecule has 0 unspecified atom stereocenters. The lowest BCUT2D eigenvalue weighted by Gasteiger charge is -2.14. The van der Waals surface area contributed by atoms with Crippen LogP contribution in [0.15, 0.2) is 77.7 Å². The fraction of sp³-hybridized carbons (Fsp3) is 0.182. The molecule has 0 aromatic heterocycles. The quantitative estimate of drug-likeness (QED) is 0.645. The van der Waals surface area contributed by atoms with E-state index in [0.29, 0.717) is 6.61 Å². The SMILES string of the molecule is Cc1c(COc2ccccc2)cccc1NCc1ccc([S@](C)=O)cc1. The largest absolute Gasteiger partial charge is 0.489 e. The zero-order valence-electron chi connectivity index (χ0n) is 15.1. The maximum Gasteiger partial charge on any atom is 0.119 e. The normalized spacial score (nSPS) is 11.8. The first kappa shape index (κ1) is 18.2. The molecule has 0 fully saturated rings. The summed E-state index contributed by atoms with van der Waals surface area (Å²) in [6.07, 6.45) is 1.69. The third kappa shape index (κ3) is 4.73. The first-order chi connectivity index (χ1) is 12.6. The van der Waals surface area contributed by atoms with Crippen molar-refractivity contribution in [2.75, 3.05) is 11.6 Å². The first-order valence-corrected chi connectivity index (χ1v) is 10.1. The van der Waals surface area contributed by atoms with Gasteiger partial charge in [0.05, 0.1) is 0 Å². The van der Waals surface area contributed by atoms with Gasteiger partial charge in [-0.15, -0.1) is 0 Å². The van der Waals surface area contributed by atoms with Crippen molar-refractivity contribution in [3.63, 3.8) is 0 Å². The molecule has 0 aliphatic heterocycles. The number of ether oxygens (including phenoxy) is 1. The number of nitrogens with one attached hydrogen (secondary N) is 1. The lowest BCUT2D eigenvalue weighted by atomic mass is 10.1. The van der Waals surface area contributed by atoms with Crippen LogP contribution < -0.4 is 10.1 Å². The molecule has 3 nitrogen and oxygen atoms in total. The van der Waals surface area contributed by atoms with Crippen LogP contribution in [-0.4, -0.2) is 10.5 Å². The molecule has 0 radical (unpaired) electrons. The van der Waals surface area contributed by atoms with E-state index >= 15 is 0 Å². The molecule has 0 bridgehead atoms. The number of anilines is 1. The zero-order valence-corrected chi connectivity index (χ0v) is 15.9. The van der Waals surface area contributed by atoms with E-state index in [0.717, 1.165) is 34.0 Å². The van der Waals surface area contributed by atoms with Gasteiger partial charge in [0, 0.05) is 34.2 Å². The Balaban J connectivity index is 1.64. The van der Waals surface area contributed by atoms with Crippen molar-refractivity contribution in [2.45, 2.75) is 25.0 Å². The Hall–Kier alpha value is -2.59. The van der Waals surface area contributed by atoms with Gasteiger partial charge in [0.2, 0.25) is 0 Å². The van der Waals surface area contributed by atoms with Gasteiger partial charge in [0.15, 0.2) is 0 Å². The third-order valence-electron chi connectivity index (χ3n) is 4.32. The Morgan fingerprint density at radius 2 is 1.65 bits per heavy atom. The summed E-state index contributed by atoms with van der Waals surface area (Å²) in [5, 5.41) is 3.49. The lowest BCUT2D eigenvalue weighted by Crippen LogP contribution is -2.04. The van der Waals surface area contributed by atoms with Gasteiger partial charge in [0.1, 0.15) is 12.4 Å². The molecule has 3 aromatic carbocycles. The molecule has 0 saturated heterocycles. The average Bonchev–Trinajstić information content (AvgIpc) is 2.67. The molecular weight excluding hydrogens is 342 g/mol. The summed E-state index contributed by atoms with van der Waals surface area (Å²) < 4.78 is 17.3. The van der Waals surface area contributed by atoms with Gasteiger partial charge in [-0.25, -0.2) is 0 Å². The lowest BCUT2D eigenvalue weighted by molar-refractivity contribution is 0.305. The summed E-state index contributed by atoms with van der Waals surface area (Å²) in [6.45, 7) is 3.37. The maximum absolute atomic E-state index is 11.5. The van der Waals surface area contributed by atoms with Gasteiger partial charge >= 0.3 is 0 Å². The Morgan fingerprint density at radius 1 is 0.923 bits per heavy atom. The summed E-state index contributed by atoms with van der Waals surface area (Å²) in [5.74, 6) is 0.874. The van der Waals surface area contributed by atoms with Crippen molar-refractivity contribution >= 4 is 16.5 Å². The summed E-state index contributed by atoms with van der Waals surface area (Å²) in [6, 6.07) is 23.9. The number of benzene rings is 3. The van der Waals surface area contributed by atoms with Crippen molar-refractivity contribution in [1.82, 2.24) is 0 Å². The minimum Gasteiger partial charge on any atom is -0.489 e. The van der Waals surface area contributed by atoms with Crippen LogP contribution in [0.2, 0.25) is 0 Å². The van der Waals surface area contributed by atoms with E-state index in [9.17, 15) is 4.21 Å². The van der Waals surface area contributed by atoms with E-state index in [2.05, 4.69) is 24.4 Å². The molecule has 0 heterocycles. The van der Waals surface area contributed by atoms with Crippen LogP contribution in [0.4, 0.5) is 5.69 Å². The Bertz CT molecular complexity index is 876. The molecule has 1 N–H and O–H groups in total. The standard InChI is InChI=1S/C22H23NO2S/c1-17-19(16-25-20-8-4-3-5-9-20)7-6-10-22(17)23-15-18-11-13-21(14-12-18)26(2)24/h3-14,23H,15-16H2,1-2H3/t26-/m0/s1. The molecule has 4 heteroatoms. The van der Waals surface area contributed by atoms with Crippen molar-refractivity contribution in [1.29, 1.82) is 0 Å². The maximum atomic E-state index is 11.5. The second-order valence-corrected chi connectivity index (χ2v) is 7.52. The highest BCUT2D eigenvalue weighted by atomic mass is 32.2. The molecule has 0 spiro atoms. The molecule has 0 saturated carbocycles. The highest BCUT2D eigenvalue weighted by Gasteiger charge is 2.05. The van der Waals surface area contributed by atoms with Crippen LogP contribution in [0, 0.1) is 6.92 Å². The Kier molecular flexibility index (Phi) is 6.08. The van der Waals surface area contributed by atoms with Gasteiger partial charge in [-0.05, 0) is 53.9 Å². The van der Waals surface area contributed by atoms with Gasteiger partial charge in [-0.3, -0.25) is 4.21 Å². The first-order valence-electron chi connectivity index (χ1n) is 8.56. The molecule has 1 atom stereocenters. The van der Waals surface area contributed by atoms with Gasteiger partial charge in [-0.1, -0.05) is 42.5 Å². The van der Waals surface area contributed by atoms with Gasteiger partial charge < -0.3 is 10.1 Å². The predicted molar refractivity (Wildman–Crippen MR) is 108 cm³/mol. The van der Waals surface area contributed by atoms with Gasteiger partial charge in [0.25, 0.3) is 0 Å². The van der Waals surface area contributed by atoms with Crippen molar-refractivity contribution in [3.8, 4) is 5.75 Å². The molecular formula is C22H23NO2S. The fourth-order valence-electron chi connectivity index (χ4n) is 2.71. The van der Waals surface area contributed by atoms with Crippen molar-refractivity contribution < 1.29 is 8.95 Å². The number of hydrogen-bond donors (Lipinski definition) is 1. The van der Waals surface area contributed by atoms with Crippen LogP contribution in [0.5, 0.6) is 5.75 Å². The van der Waals surface area contributed by atoms with E-state index < -0.39 is 10.8 Å². The topological polar surface area (TPSA) is 38.3 Å². The minimum atomic E-state index is -0.937. The number of rotatable bonds is 7. The third-order valence-corrected chi connectivity index (χ3v) is 5.26. The van der Waals surface area contributed by atoms with Crippen LogP contribution in [-0.2, 0) is 24.0 Å². The zero-order chi connectivity index (χ0) is 18.4. The summed E-state index contributed by atoms with van der Waals surface area (Å²) in [4.78, 5) is 0.852. The average molecular weight is 365 g/mol. The van der Waals surface area contributed by atoms with Gasteiger partial charge in [-0.2, -0.15) is 0 Å². The molecule has 26 heavy (non-hydrogen) atoms. The molecule has 3 rings (SSSR count).